The molecule has 0 saturated carbocycles. The fourth-order valence-electron chi connectivity index (χ4n) is 3.70. The molecule has 2 aromatic heterocycles. The highest BCUT2D eigenvalue weighted by molar-refractivity contribution is 5.93. The molecule has 0 bridgehead atoms. The number of hydrogen-bond donors (Lipinski definition) is 0. The second kappa shape index (κ2) is 7.34. The third-order valence-electron chi connectivity index (χ3n) is 5.07. The molecule has 4 rings (SSSR count). The number of likely N-dealkylation sites (tertiary alicyclic amines) is 1. The molecule has 1 unspecified atom stereocenters. The number of rotatable bonds is 4. The van der Waals surface area contributed by atoms with Gasteiger partial charge in [-0.05, 0) is 25.0 Å². The van der Waals surface area contributed by atoms with Crippen molar-refractivity contribution in [3.63, 3.8) is 0 Å². The van der Waals surface area contributed by atoms with Crippen LogP contribution in [0.5, 0.6) is 0 Å². The van der Waals surface area contributed by atoms with Gasteiger partial charge in [-0.2, -0.15) is 5.10 Å². The number of benzene rings is 1. The van der Waals surface area contributed by atoms with Crippen molar-refractivity contribution < 1.29 is 9.18 Å². The summed E-state index contributed by atoms with van der Waals surface area (Å²) in [5.41, 5.74) is 0.805. The molecule has 1 aliphatic rings. The Labute approximate surface area is 157 Å². The predicted molar refractivity (Wildman–Crippen MR) is 99.3 cm³/mol. The van der Waals surface area contributed by atoms with Crippen LogP contribution in [-0.2, 0) is 6.42 Å². The number of carbonyl (C=O) groups excluding carboxylic acids is 1. The lowest BCUT2D eigenvalue weighted by atomic mass is 10.0. The van der Waals surface area contributed by atoms with Gasteiger partial charge in [0.05, 0.1) is 17.8 Å². The molecule has 0 N–H and O–H groups in total. The van der Waals surface area contributed by atoms with Crippen LogP contribution in [0.4, 0.5) is 4.39 Å². The number of imidazole rings is 1. The highest BCUT2D eigenvalue weighted by atomic mass is 19.1. The van der Waals surface area contributed by atoms with Crippen molar-refractivity contribution in [3.05, 3.63) is 66.3 Å². The average Bonchev–Trinajstić information content (AvgIpc) is 3.37. The number of nitrogens with zero attached hydrogens (tertiary/aromatic N) is 5. The Morgan fingerprint density at radius 1 is 1.33 bits per heavy atom. The zero-order valence-corrected chi connectivity index (χ0v) is 15.3. The van der Waals surface area contributed by atoms with Crippen molar-refractivity contribution in [2.45, 2.75) is 32.2 Å². The number of piperidine rings is 1. The molecule has 27 heavy (non-hydrogen) atoms. The zero-order valence-electron chi connectivity index (χ0n) is 15.3. The quantitative estimate of drug-likeness (QED) is 0.711. The van der Waals surface area contributed by atoms with Crippen molar-refractivity contribution in [1.29, 1.82) is 0 Å². The second-order valence-electron chi connectivity index (χ2n) is 6.78. The molecule has 6 nitrogen and oxygen atoms in total. The largest absolute Gasteiger partial charge is 0.336 e. The first-order chi connectivity index (χ1) is 13.2. The molecular formula is C20H22FN5O. The number of hydrogen-bond acceptors (Lipinski definition) is 3. The van der Waals surface area contributed by atoms with E-state index in [1.807, 2.05) is 17.3 Å². The molecule has 1 atom stereocenters. The van der Waals surface area contributed by atoms with E-state index in [9.17, 15) is 9.18 Å². The van der Waals surface area contributed by atoms with Crippen LogP contribution in [0.25, 0.3) is 5.69 Å². The number of amides is 1. The lowest BCUT2D eigenvalue weighted by Gasteiger charge is -2.34. The monoisotopic (exact) mass is 367 g/mol. The summed E-state index contributed by atoms with van der Waals surface area (Å²) in [6.07, 6.45) is 9.76. The highest BCUT2D eigenvalue weighted by Gasteiger charge is 2.27. The van der Waals surface area contributed by atoms with E-state index in [0.29, 0.717) is 17.8 Å². The van der Waals surface area contributed by atoms with Crippen LogP contribution in [0.2, 0.25) is 0 Å². The first kappa shape index (κ1) is 17.5. The first-order valence-electron chi connectivity index (χ1n) is 9.28. The van der Waals surface area contributed by atoms with E-state index >= 15 is 0 Å². The van der Waals surface area contributed by atoms with Gasteiger partial charge < -0.3 is 9.47 Å². The van der Waals surface area contributed by atoms with Gasteiger partial charge in [-0.15, -0.1) is 0 Å². The number of aromatic nitrogens is 4. The van der Waals surface area contributed by atoms with Crippen LogP contribution in [0.3, 0.4) is 0 Å². The molecule has 1 amide bonds. The summed E-state index contributed by atoms with van der Waals surface area (Å²) in [6, 6.07) is 6.63. The Morgan fingerprint density at radius 2 is 2.19 bits per heavy atom. The summed E-state index contributed by atoms with van der Waals surface area (Å²) >= 11 is 0. The van der Waals surface area contributed by atoms with Gasteiger partial charge in [0.15, 0.2) is 0 Å². The van der Waals surface area contributed by atoms with Crippen LogP contribution >= 0.6 is 0 Å². The van der Waals surface area contributed by atoms with Gasteiger partial charge in [-0.1, -0.05) is 19.1 Å². The molecule has 3 aromatic rings. The molecule has 0 radical (unpaired) electrons. The molecule has 140 valence electrons. The van der Waals surface area contributed by atoms with E-state index in [2.05, 4.69) is 21.6 Å². The maximum absolute atomic E-state index is 14.0. The SMILES string of the molecule is CCc1nccn1C1CCCN(C(=O)c2cnn(-c3ccccc3F)c2)C1. The van der Waals surface area contributed by atoms with Crippen molar-refractivity contribution in [2.24, 2.45) is 0 Å². The predicted octanol–water partition coefficient (Wildman–Crippen LogP) is 3.25. The van der Waals surface area contributed by atoms with Crippen molar-refractivity contribution in [2.75, 3.05) is 13.1 Å². The Hall–Kier alpha value is -2.96. The van der Waals surface area contributed by atoms with E-state index in [-0.39, 0.29) is 17.8 Å². The number of halogens is 1. The van der Waals surface area contributed by atoms with Crippen LogP contribution < -0.4 is 0 Å². The lowest BCUT2D eigenvalue weighted by molar-refractivity contribution is 0.0678. The minimum Gasteiger partial charge on any atom is -0.336 e. The van der Waals surface area contributed by atoms with Crippen molar-refractivity contribution in [1.82, 2.24) is 24.2 Å². The molecule has 1 aromatic carbocycles. The lowest BCUT2D eigenvalue weighted by Crippen LogP contribution is -2.40. The van der Waals surface area contributed by atoms with Crippen molar-refractivity contribution in [3.8, 4) is 5.69 Å². The molecule has 1 fully saturated rings. The van der Waals surface area contributed by atoms with Crippen LogP contribution in [0.15, 0.2) is 49.1 Å². The first-order valence-corrected chi connectivity index (χ1v) is 9.28. The van der Waals surface area contributed by atoms with Crippen LogP contribution in [0.1, 0.15) is 42.0 Å². The van der Waals surface area contributed by atoms with Gasteiger partial charge in [-0.3, -0.25) is 4.79 Å². The van der Waals surface area contributed by atoms with E-state index in [4.69, 9.17) is 0 Å². The summed E-state index contributed by atoms with van der Waals surface area (Å²) < 4.78 is 17.5. The Balaban J connectivity index is 1.52. The molecule has 3 heterocycles. The fraction of sp³-hybridized carbons (Fsp3) is 0.350. The summed E-state index contributed by atoms with van der Waals surface area (Å²) in [6.45, 7) is 3.45. The average molecular weight is 367 g/mol. The van der Waals surface area contributed by atoms with Gasteiger partial charge in [0.1, 0.15) is 17.3 Å². The summed E-state index contributed by atoms with van der Waals surface area (Å²) in [5.74, 6) is 0.604. The van der Waals surface area contributed by atoms with Gasteiger partial charge >= 0.3 is 0 Å². The highest BCUT2D eigenvalue weighted by Crippen LogP contribution is 2.24. The second-order valence-corrected chi connectivity index (χ2v) is 6.78. The van der Waals surface area contributed by atoms with Gasteiger partial charge in [0.25, 0.3) is 5.91 Å². The molecule has 0 spiro atoms. The Morgan fingerprint density at radius 3 is 3.00 bits per heavy atom. The third kappa shape index (κ3) is 3.37. The molecule has 1 aliphatic heterocycles. The Bertz CT molecular complexity index is 947. The van der Waals surface area contributed by atoms with Gasteiger partial charge in [0.2, 0.25) is 0 Å². The molecule has 7 heteroatoms. The third-order valence-corrected chi connectivity index (χ3v) is 5.07. The van der Waals surface area contributed by atoms with Crippen LogP contribution in [-0.4, -0.2) is 43.2 Å². The van der Waals surface area contributed by atoms with E-state index in [1.54, 1.807) is 24.4 Å². The number of aryl methyl sites for hydroxylation is 1. The Kier molecular flexibility index (Phi) is 4.75. The normalized spacial score (nSPS) is 17.3. The number of para-hydroxylation sites is 1. The number of carbonyl (C=O) groups is 1. The van der Waals surface area contributed by atoms with Gasteiger partial charge in [0, 0.05) is 38.1 Å². The topological polar surface area (TPSA) is 56.0 Å². The molecule has 0 aliphatic carbocycles. The minimum atomic E-state index is -0.371. The summed E-state index contributed by atoms with van der Waals surface area (Å²) in [4.78, 5) is 19.2. The fourth-order valence-corrected chi connectivity index (χ4v) is 3.70. The maximum atomic E-state index is 14.0. The molecule has 1 saturated heterocycles. The summed E-state index contributed by atoms with van der Waals surface area (Å²) in [5, 5.41) is 4.17. The minimum absolute atomic E-state index is 0.0690. The smallest absolute Gasteiger partial charge is 0.257 e. The van der Waals surface area contributed by atoms with E-state index < -0.39 is 0 Å². The van der Waals surface area contributed by atoms with E-state index in [1.165, 1.54) is 16.9 Å². The summed E-state index contributed by atoms with van der Waals surface area (Å²) in [7, 11) is 0. The van der Waals surface area contributed by atoms with Crippen molar-refractivity contribution >= 4 is 5.91 Å². The standard InChI is InChI=1S/C20H22FN5O/c1-2-19-22-9-11-25(19)16-6-5-10-24(14-16)20(27)15-12-23-26(13-15)18-8-4-3-7-17(18)21/h3-4,7-9,11-13,16H,2,5-6,10,14H2,1H3. The maximum Gasteiger partial charge on any atom is 0.257 e. The molecular weight excluding hydrogens is 345 g/mol. The van der Waals surface area contributed by atoms with Crippen LogP contribution in [0, 0.1) is 5.82 Å². The van der Waals surface area contributed by atoms with Gasteiger partial charge in [-0.25, -0.2) is 14.1 Å². The zero-order chi connectivity index (χ0) is 18.8. The van der Waals surface area contributed by atoms with E-state index in [0.717, 1.165) is 31.6 Å².